The third-order valence-corrected chi connectivity index (χ3v) is 4.24. The molecule has 134 valence electrons. The molecule has 0 aliphatic rings. The van der Waals surface area contributed by atoms with Gasteiger partial charge in [-0.05, 0) is 48.0 Å². The summed E-state index contributed by atoms with van der Waals surface area (Å²) in [5.74, 6) is 1.16. The van der Waals surface area contributed by atoms with Gasteiger partial charge in [0.25, 0.3) is 5.91 Å². The first-order valence-corrected chi connectivity index (χ1v) is 8.60. The topological polar surface area (TPSA) is 64.4 Å². The molecule has 4 rings (SSSR count). The van der Waals surface area contributed by atoms with E-state index in [2.05, 4.69) is 10.3 Å². The first-order chi connectivity index (χ1) is 13.2. The van der Waals surface area contributed by atoms with Crippen LogP contribution in [0.3, 0.4) is 0 Å². The molecular formula is C22H18N2O3. The first-order valence-electron chi connectivity index (χ1n) is 8.60. The zero-order valence-corrected chi connectivity index (χ0v) is 14.8. The van der Waals surface area contributed by atoms with E-state index in [4.69, 9.17) is 9.15 Å². The van der Waals surface area contributed by atoms with Gasteiger partial charge in [0, 0.05) is 17.7 Å². The molecule has 0 radical (unpaired) electrons. The van der Waals surface area contributed by atoms with E-state index < -0.39 is 0 Å². The van der Waals surface area contributed by atoms with Gasteiger partial charge in [-0.3, -0.25) is 4.79 Å². The highest BCUT2D eigenvalue weighted by Crippen LogP contribution is 2.21. The number of oxazole rings is 1. The van der Waals surface area contributed by atoms with Crippen molar-refractivity contribution in [2.45, 2.75) is 6.42 Å². The second-order valence-electron chi connectivity index (χ2n) is 6.14. The van der Waals surface area contributed by atoms with E-state index in [-0.39, 0.29) is 5.91 Å². The fraction of sp³-hybridized carbons (Fsp3) is 0.0909. The first kappa shape index (κ1) is 16.8. The number of aromatic nitrogens is 1. The SMILES string of the molecule is COc1ccc(NC(=O)c2ccc3nc(Cc4ccccc4)oc3c2)cc1. The summed E-state index contributed by atoms with van der Waals surface area (Å²) in [5, 5.41) is 2.86. The van der Waals surface area contributed by atoms with Crippen molar-refractivity contribution in [3.8, 4) is 5.75 Å². The van der Waals surface area contributed by atoms with E-state index in [0.29, 0.717) is 29.1 Å². The van der Waals surface area contributed by atoms with Crippen molar-refractivity contribution in [2.24, 2.45) is 0 Å². The maximum atomic E-state index is 12.5. The molecule has 4 aromatic rings. The van der Waals surface area contributed by atoms with E-state index >= 15 is 0 Å². The summed E-state index contributed by atoms with van der Waals surface area (Å²) in [6.07, 6.45) is 0.614. The molecule has 0 atom stereocenters. The van der Waals surface area contributed by atoms with Crippen LogP contribution in [0.1, 0.15) is 21.8 Å². The molecule has 5 nitrogen and oxygen atoms in total. The van der Waals surface area contributed by atoms with Crippen molar-refractivity contribution in [1.29, 1.82) is 0 Å². The van der Waals surface area contributed by atoms with E-state index in [1.165, 1.54) is 0 Å². The Balaban J connectivity index is 1.52. The lowest BCUT2D eigenvalue weighted by Crippen LogP contribution is -2.11. The van der Waals surface area contributed by atoms with Crippen molar-refractivity contribution in [3.05, 3.63) is 89.8 Å². The highest BCUT2D eigenvalue weighted by Gasteiger charge is 2.11. The average Bonchev–Trinajstić information content (AvgIpc) is 3.10. The van der Waals surface area contributed by atoms with Gasteiger partial charge in [0.2, 0.25) is 0 Å². The monoisotopic (exact) mass is 358 g/mol. The van der Waals surface area contributed by atoms with Gasteiger partial charge >= 0.3 is 0 Å². The number of carbonyl (C=O) groups excluding carboxylic acids is 1. The average molecular weight is 358 g/mol. The Hall–Kier alpha value is -3.60. The highest BCUT2D eigenvalue weighted by molar-refractivity contribution is 6.05. The number of hydrogen-bond acceptors (Lipinski definition) is 4. The molecule has 0 saturated heterocycles. The van der Waals surface area contributed by atoms with Crippen LogP contribution in [0, 0.1) is 0 Å². The van der Waals surface area contributed by atoms with Crippen LogP contribution < -0.4 is 10.1 Å². The largest absolute Gasteiger partial charge is 0.497 e. The summed E-state index contributed by atoms with van der Waals surface area (Å²) in [4.78, 5) is 17.0. The number of nitrogens with zero attached hydrogens (tertiary/aromatic N) is 1. The van der Waals surface area contributed by atoms with Gasteiger partial charge in [0.15, 0.2) is 11.5 Å². The lowest BCUT2D eigenvalue weighted by molar-refractivity contribution is 0.102. The number of rotatable bonds is 5. The molecule has 0 unspecified atom stereocenters. The fourth-order valence-electron chi connectivity index (χ4n) is 2.84. The van der Waals surface area contributed by atoms with Crippen LogP contribution in [-0.4, -0.2) is 18.0 Å². The maximum Gasteiger partial charge on any atom is 0.255 e. The van der Waals surface area contributed by atoms with Crippen LogP contribution in [0.25, 0.3) is 11.1 Å². The quantitative estimate of drug-likeness (QED) is 0.563. The zero-order valence-electron chi connectivity index (χ0n) is 14.8. The molecule has 0 saturated carbocycles. The number of fused-ring (bicyclic) bond motifs is 1. The van der Waals surface area contributed by atoms with Crippen LogP contribution in [0.15, 0.2) is 77.2 Å². The Morgan fingerprint density at radius 3 is 2.56 bits per heavy atom. The molecule has 1 amide bonds. The lowest BCUT2D eigenvalue weighted by atomic mass is 10.1. The second kappa shape index (κ2) is 7.33. The summed E-state index contributed by atoms with van der Waals surface area (Å²) in [6.45, 7) is 0. The molecule has 0 spiro atoms. The van der Waals surface area contributed by atoms with Crippen LogP contribution in [-0.2, 0) is 6.42 Å². The van der Waals surface area contributed by atoms with Gasteiger partial charge in [-0.2, -0.15) is 0 Å². The minimum Gasteiger partial charge on any atom is -0.497 e. The van der Waals surface area contributed by atoms with Crippen molar-refractivity contribution < 1.29 is 13.9 Å². The summed E-state index contributed by atoms with van der Waals surface area (Å²) in [5.41, 5.74) is 3.68. The zero-order chi connectivity index (χ0) is 18.6. The molecule has 5 heteroatoms. The van der Waals surface area contributed by atoms with Crippen LogP contribution in [0.2, 0.25) is 0 Å². The van der Waals surface area contributed by atoms with Crippen LogP contribution in [0.5, 0.6) is 5.75 Å². The third kappa shape index (κ3) is 3.82. The van der Waals surface area contributed by atoms with Gasteiger partial charge in [-0.15, -0.1) is 0 Å². The van der Waals surface area contributed by atoms with Crippen LogP contribution in [0.4, 0.5) is 5.69 Å². The number of nitrogens with one attached hydrogen (secondary N) is 1. The number of hydrogen-bond donors (Lipinski definition) is 1. The van der Waals surface area contributed by atoms with E-state index in [0.717, 1.165) is 16.8 Å². The smallest absolute Gasteiger partial charge is 0.255 e. The van der Waals surface area contributed by atoms with E-state index in [9.17, 15) is 4.79 Å². The summed E-state index contributed by atoms with van der Waals surface area (Å²) in [7, 11) is 1.60. The molecule has 1 aromatic heterocycles. The van der Waals surface area contributed by atoms with Gasteiger partial charge in [-0.1, -0.05) is 30.3 Å². The minimum absolute atomic E-state index is 0.205. The predicted molar refractivity (Wildman–Crippen MR) is 104 cm³/mol. The molecule has 1 N–H and O–H groups in total. The number of ether oxygens (including phenoxy) is 1. The Kier molecular flexibility index (Phi) is 4.58. The van der Waals surface area contributed by atoms with Crippen LogP contribution >= 0.6 is 0 Å². The van der Waals surface area contributed by atoms with E-state index in [1.54, 1.807) is 49.6 Å². The molecule has 0 bridgehead atoms. The predicted octanol–water partition coefficient (Wildman–Crippen LogP) is 4.68. The third-order valence-electron chi connectivity index (χ3n) is 4.24. The maximum absolute atomic E-state index is 12.5. The molecule has 0 aliphatic heterocycles. The minimum atomic E-state index is -0.205. The van der Waals surface area contributed by atoms with Gasteiger partial charge in [0.1, 0.15) is 11.3 Å². The molecule has 0 fully saturated rings. The molecule has 3 aromatic carbocycles. The summed E-state index contributed by atoms with van der Waals surface area (Å²) >= 11 is 0. The van der Waals surface area contributed by atoms with Crippen molar-refractivity contribution >= 4 is 22.7 Å². The Morgan fingerprint density at radius 2 is 1.81 bits per heavy atom. The Morgan fingerprint density at radius 1 is 1.04 bits per heavy atom. The van der Waals surface area contributed by atoms with Crippen molar-refractivity contribution in [2.75, 3.05) is 12.4 Å². The van der Waals surface area contributed by atoms with Gasteiger partial charge in [-0.25, -0.2) is 4.98 Å². The van der Waals surface area contributed by atoms with Crippen molar-refractivity contribution in [1.82, 2.24) is 4.98 Å². The van der Waals surface area contributed by atoms with Crippen molar-refractivity contribution in [3.63, 3.8) is 0 Å². The number of amides is 1. The number of anilines is 1. The standard InChI is InChI=1S/C22H18N2O3/c1-26-18-10-8-17(9-11-18)23-22(25)16-7-12-19-20(14-16)27-21(24-19)13-15-5-3-2-4-6-15/h2-12,14H,13H2,1H3,(H,23,25). The Bertz CT molecular complexity index is 1070. The number of methoxy groups -OCH3 is 1. The van der Waals surface area contributed by atoms with E-state index in [1.807, 2.05) is 30.3 Å². The molecule has 1 heterocycles. The normalized spacial score (nSPS) is 10.7. The van der Waals surface area contributed by atoms with Gasteiger partial charge < -0.3 is 14.5 Å². The summed E-state index contributed by atoms with van der Waals surface area (Å²) < 4.78 is 11.0. The highest BCUT2D eigenvalue weighted by atomic mass is 16.5. The Labute approximate surface area is 156 Å². The molecule has 0 aliphatic carbocycles. The summed E-state index contributed by atoms with van der Waals surface area (Å²) in [6, 6.07) is 22.5. The van der Waals surface area contributed by atoms with Gasteiger partial charge in [0.05, 0.1) is 7.11 Å². The molecular weight excluding hydrogens is 340 g/mol. The fourth-order valence-corrected chi connectivity index (χ4v) is 2.84. The number of carbonyl (C=O) groups is 1. The molecule has 27 heavy (non-hydrogen) atoms. The number of benzene rings is 3. The second-order valence-corrected chi connectivity index (χ2v) is 6.14. The lowest BCUT2D eigenvalue weighted by Gasteiger charge is -2.06.